The van der Waals surface area contributed by atoms with E-state index in [1.54, 1.807) is 0 Å². The fourth-order valence-electron chi connectivity index (χ4n) is 2.98. The number of aromatic amines is 1. The van der Waals surface area contributed by atoms with Crippen molar-refractivity contribution in [2.75, 3.05) is 6.54 Å². The van der Waals surface area contributed by atoms with Gasteiger partial charge in [-0.2, -0.15) is 0 Å². The van der Waals surface area contributed by atoms with E-state index in [-0.39, 0.29) is 5.41 Å². The van der Waals surface area contributed by atoms with Crippen LogP contribution in [0.25, 0.3) is 0 Å². The van der Waals surface area contributed by atoms with E-state index in [2.05, 4.69) is 38.9 Å². The highest BCUT2D eigenvalue weighted by Gasteiger charge is 2.62. The van der Waals surface area contributed by atoms with Gasteiger partial charge in [0.15, 0.2) is 0 Å². The summed E-state index contributed by atoms with van der Waals surface area (Å²) in [5.41, 5.74) is 10.7. The van der Waals surface area contributed by atoms with Crippen molar-refractivity contribution in [1.29, 1.82) is 0 Å². The van der Waals surface area contributed by atoms with E-state index in [1.807, 2.05) is 0 Å². The summed E-state index contributed by atoms with van der Waals surface area (Å²) in [6, 6.07) is 0. The van der Waals surface area contributed by atoms with Crippen LogP contribution in [0.2, 0.25) is 0 Å². The van der Waals surface area contributed by atoms with Crippen molar-refractivity contribution in [2.45, 2.75) is 39.5 Å². The normalized spacial score (nSPS) is 29.2. The number of nitrogens with two attached hydrogens (primary N) is 1. The van der Waals surface area contributed by atoms with E-state index in [0.29, 0.717) is 5.41 Å². The van der Waals surface area contributed by atoms with Crippen molar-refractivity contribution in [3.8, 4) is 0 Å². The highest BCUT2D eigenvalue weighted by molar-refractivity contribution is 5.45. The van der Waals surface area contributed by atoms with Gasteiger partial charge >= 0.3 is 0 Å². The van der Waals surface area contributed by atoms with Gasteiger partial charge in [-0.15, -0.1) is 0 Å². The van der Waals surface area contributed by atoms with Gasteiger partial charge in [-0.1, -0.05) is 13.8 Å². The molecule has 78 valence electrons. The van der Waals surface area contributed by atoms with Gasteiger partial charge in [0.05, 0.1) is 0 Å². The number of H-pyrrole nitrogens is 1. The topological polar surface area (TPSA) is 41.8 Å². The lowest BCUT2D eigenvalue weighted by molar-refractivity contribution is 0.500. The van der Waals surface area contributed by atoms with Gasteiger partial charge in [0.2, 0.25) is 0 Å². The van der Waals surface area contributed by atoms with E-state index < -0.39 is 0 Å². The monoisotopic (exact) mass is 192 g/mol. The minimum atomic E-state index is 0.237. The summed E-state index contributed by atoms with van der Waals surface area (Å²) in [5.74, 6) is 0. The SMILES string of the molecule is Cc1c[nH]c(C)c1C1(CN)CC1(C)C. The molecule has 0 aromatic carbocycles. The van der Waals surface area contributed by atoms with Crippen LogP contribution in [0.15, 0.2) is 6.20 Å². The molecule has 1 heterocycles. The summed E-state index contributed by atoms with van der Waals surface area (Å²) in [6.45, 7) is 9.70. The molecule has 1 fully saturated rings. The van der Waals surface area contributed by atoms with Gasteiger partial charge in [-0.3, -0.25) is 0 Å². The Morgan fingerprint density at radius 3 is 2.29 bits per heavy atom. The first-order valence-electron chi connectivity index (χ1n) is 5.30. The highest BCUT2D eigenvalue weighted by Crippen LogP contribution is 2.64. The largest absolute Gasteiger partial charge is 0.365 e. The van der Waals surface area contributed by atoms with Crippen LogP contribution < -0.4 is 5.73 Å². The molecule has 0 saturated heterocycles. The van der Waals surface area contributed by atoms with Crippen LogP contribution >= 0.6 is 0 Å². The summed E-state index contributed by atoms with van der Waals surface area (Å²) in [6.07, 6.45) is 3.31. The summed E-state index contributed by atoms with van der Waals surface area (Å²) in [7, 11) is 0. The van der Waals surface area contributed by atoms with E-state index in [1.165, 1.54) is 23.2 Å². The molecule has 2 heteroatoms. The molecule has 0 bridgehead atoms. The van der Waals surface area contributed by atoms with Crippen molar-refractivity contribution in [3.63, 3.8) is 0 Å². The molecule has 3 N–H and O–H groups in total. The van der Waals surface area contributed by atoms with Gasteiger partial charge < -0.3 is 10.7 Å². The Morgan fingerprint density at radius 2 is 2.00 bits per heavy atom. The van der Waals surface area contributed by atoms with E-state index in [0.717, 1.165) is 6.54 Å². The smallest absolute Gasteiger partial charge is 0.0157 e. The predicted octanol–water partition coefficient (Wildman–Crippen LogP) is 2.26. The number of rotatable bonds is 2. The molecule has 0 amide bonds. The fourth-order valence-corrected chi connectivity index (χ4v) is 2.98. The first-order valence-corrected chi connectivity index (χ1v) is 5.30. The Morgan fingerprint density at radius 1 is 1.43 bits per heavy atom. The van der Waals surface area contributed by atoms with Gasteiger partial charge in [-0.25, -0.2) is 0 Å². The number of nitrogens with one attached hydrogen (secondary N) is 1. The van der Waals surface area contributed by atoms with Crippen molar-refractivity contribution >= 4 is 0 Å². The molecule has 1 aliphatic carbocycles. The summed E-state index contributed by atoms with van der Waals surface area (Å²) in [4.78, 5) is 3.30. The number of aromatic nitrogens is 1. The predicted molar refractivity (Wildman–Crippen MR) is 59.4 cm³/mol. The molecule has 1 saturated carbocycles. The minimum absolute atomic E-state index is 0.237. The summed E-state index contributed by atoms with van der Waals surface area (Å²) in [5, 5.41) is 0. The molecule has 1 atom stereocenters. The number of hydrogen-bond acceptors (Lipinski definition) is 1. The fraction of sp³-hybridized carbons (Fsp3) is 0.667. The van der Waals surface area contributed by atoms with Crippen molar-refractivity contribution in [3.05, 3.63) is 23.0 Å². The molecule has 14 heavy (non-hydrogen) atoms. The van der Waals surface area contributed by atoms with Gasteiger partial charge in [0.1, 0.15) is 0 Å². The second-order valence-corrected chi connectivity index (χ2v) is 5.32. The van der Waals surface area contributed by atoms with Crippen LogP contribution in [-0.2, 0) is 5.41 Å². The van der Waals surface area contributed by atoms with Crippen LogP contribution in [0, 0.1) is 19.3 Å². The van der Waals surface area contributed by atoms with Crippen molar-refractivity contribution < 1.29 is 0 Å². The zero-order chi connectivity index (χ0) is 10.6. The molecular formula is C12H20N2. The number of hydrogen-bond donors (Lipinski definition) is 2. The molecular weight excluding hydrogens is 172 g/mol. The van der Waals surface area contributed by atoms with Crippen LogP contribution in [0.4, 0.5) is 0 Å². The highest BCUT2D eigenvalue weighted by atomic mass is 14.8. The molecule has 0 spiro atoms. The third-order valence-electron chi connectivity index (χ3n) is 4.02. The first-order chi connectivity index (χ1) is 6.44. The van der Waals surface area contributed by atoms with Crippen LogP contribution in [0.5, 0.6) is 0 Å². The standard InChI is InChI=1S/C12H20N2/c1-8-5-14-9(2)10(8)12(7-13)6-11(12,3)4/h5,14H,6-7,13H2,1-4H3. The summed E-state index contributed by atoms with van der Waals surface area (Å²) < 4.78 is 0. The molecule has 1 aliphatic rings. The zero-order valence-electron chi connectivity index (χ0n) is 9.57. The van der Waals surface area contributed by atoms with Crippen LogP contribution in [0.1, 0.15) is 37.1 Å². The maximum Gasteiger partial charge on any atom is 0.0157 e. The van der Waals surface area contributed by atoms with Crippen molar-refractivity contribution in [1.82, 2.24) is 4.98 Å². The molecule has 1 unspecified atom stereocenters. The minimum Gasteiger partial charge on any atom is -0.365 e. The second-order valence-electron chi connectivity index (χ2n) is 5.32. The Hall–Kier alpha value is -0.760. The van der Waals surface area contributed by atoms with Gasteiger partial charge in [-0.05, 0) is 36.8 Å². The molecule has 2 rings (SSSR count). The Labute approximate surface area is 85.9 Å². The quantitative estimate of drug-likeness (QED) is 0.741. The Balaban J connectivity index is 2.50. The lowest BCUT2D eigenvalue weighted by Crippen LogP contribution is -2.26. The van der Waals surface area contributed by atoms with E-state index >= 15 is 0 Å². The molecule has 1 aromatic rings. The lowest BCUT2D eigenvalue weighted by atomic mass is 9.86. The average Bonchev–Trinajstić information content (AvgIpc) is 2.49. The van der Waals surface area contributed by atoms with E-state index in [4.69, 9.17) is 5.73 Å². The maximum absolute atomic E-state index is 5.96. The average molecular weight is 192 g/mol. The molecule has 1 aromatic heterocycles. The third-order valence-corrected chi connectivity index (χ3v) is 4.02. The van der Waals surface area contributed by atoms with Crippen molar-refractivity contribution in [2.24, 2.45) is 11.1 Å². The third kappa shape index (κ3) is 1.01. The number of aryl methyl sites for hydroxylation is 2. The van der Waals surface area contributed by atoms with Gasteiger partial charge in [0, 0.05) is 23.9 Å². The van der Waals surface area contributed by atoms with Crippen LogP contribution in [0.3, 0.4) is 0 Å². The Bertz CT molecular complexity index is 343. The van der Waals surface area contributed by atoms with E-state index in [9.17, 15) is 0 Å². The molecule has 0 aliphatic heterocycles. The first kappa shape index (κ1) is 9.78. The summed E-state index contributed by atoms with van der Waals surface area (Å²) >= 11 is 0. The van der Waals surface area contributed by atoms with Crippen LogP contribution in [-0.4, -0.2) is 11.5 Å². The lowest BCUT2D eigenvalue weighted by Gasteiger charge is -2.20. The zero-order valence-corrected chi connectivity index (χ0v) is 9.57. The Kier molecular flexibility index (Phi) is 1.84. The maximum atomic E-state index is 5.96. The molecule has 0 radical (unpaired) electrons. The second kappa shape index (κ2) is 2.63. The van der Waals surface area contributed by atoms with Gasteiger partial charge in [0.25, 0.3) is 0 Å². The molecule has 2 nitrogen and oxygen atoms in total.